The van der Waals surface area contributed by atoms with E-state index in [1.165, 1.54) is 30.3 Å². The van der Waals surface area contributed by atoms with Gasteiger partial charge < -0.3 is 20.1 Å². The Morgan fingerprint density at radius 1 is 1.29 bits per heavy atom. The number of nitrogens with zero attached hydrogens (tertiary/aromatic N) is 2. The number of carbonyl (C=O) groups is 2. The monoisotopic (exact) mass is 402 g/mol. The van der Waals surface area contributed by atoms with Gasteiger partial charge in [0.25, 0.3) is 0 Å². The molecule has 1 aliphatic heterocycles. The van der Waals surface area contributed by atoms with Gasteiger partial charge in [-0.3, -0.25) is 9.59 Å². The first-order chi connectivity index (χ1) is 13.5. The summed E-state index contributed by atoms with van der Waals surface area (Å²) >= 11 is 1.29. The van der Waals surface area contributed by atoms with Crippen LogP contribution in [0, 0.1) is 6.92 Å². The molecule has 0 spiro atoms. The summed E-state index contributed by atoms with van der Waals surface area (Å²) < 4.78 is 4.92. The smallest absolute Gasteiger partial charge is 0.238 e. The highest BCUT2D eigenvalue weighted by Crippen LogP contribution is 2.24. The average Bonchev–Trinajstić information content (AvgIpc) is 3.36. The van der Waals surface area contributed by atoms with Crippen molar-refractivity contribution >= 4 is 35.1 Å². The molecule has 150 valence electrons. The van der Waals surface area contributed by atoms with Crippen LogP contribution in [0.25, 0.3) is 0 Å². The van der Waals surface area contributed by atoms with E-state index >= 15 is 0 Å². The zero-order chi connectivity index (χ0) is 19.9. The quantitative estimate of drug-likeness (QED) is 0.706. The Morgan fingerprint density at radius 3 is 2.75 bits per heavy atom. The van der Waals surface area contributed by atoms with Gasteiger partial charge in [0, 0.05) is 31.4 Å². The fourth-order valence-electron chi connectivity index (χ4n) is 3.10. The number of rotatable bonds is 8. The molecule has 2 heterocycles. The largest absolute Gasteiger partial charge is 0.371 e. The number of anilines is 2. The zero-order valence-corrected chi connectivity index (χ0v) is 17.1. The zero-order valence-electron chi connectivity index (χ0n) is 16.2. The van der Waals surface area contributed by atoms with Crippen molar-refractivity contribution < 1.29 is 14.1 Å². The van der Waals surface area contributed by atoms with Crippen molar-refractivity contribution in [3.05, 3.63) is 41.7 Å². The SMILES string of the molecule is Cc1cc(NC(=O)C(C)SCC(=O)NCc2ccccc2N2CCCC2)no1. The number of aromatic nitrogens is 1. The van der Waals surface area contributed by atoms with Crippen molar-refractivity contribution in [3.8, 4) is 0 Å². The van der Waals surface area contributed by atoms with Crippen LogP contribution in [-0.2, 0) is 16.1 Å². The fraction of sp³-hybridized carbons (Fsp3) is 0.450. The Hall–Kier alpha value is -2.48. The molecule has 28 heavy (non-hydrogen) atoms. The van der Waals surface area contributed by atoms with Crippen LogP contribution in [0.15, 0.2) is 34.9 Å². The van der Waals surface area contributed by atoms with Gasteiger partial charge in [0.05, 0.1) is 11.0 Å². The van der Waals surface area contributed by atoms with Gasteiger partial charge in [-0.15, -0.1) is 11.8 Å². The molecule has 1 atom stereocenters. The molecule has 8 heteroatoms. The number of thioether (sulfide) groups is 1. The van der Waals surface area contributed by atoms with Gasteiger partial charge in [0.15, 0.2) is 5.82 Å². The van der Waals surface area contributed by atoms with E-state index in [0.717, 1.165) is 18.7 Å². The number of hydrogen-bond acceptors (Lipinski definition) is 6. The molecule has 1 unspecified atom stereocenters. The van der Waals surface area contributed by atoms with E-state index in [2.05, 4.69) is 32.8 Å². The van der Waals surface area contributed by atoms with Crippen molar-refractivity contribution in [1.29, 1.82) is 0 Å². The molecule has 1 aromatic heterocycles. The fourth-order valence-corrected chi connectivity index (χ4v) is 3.81. The van der Waals surface area contributed by atoms with E-state index < -0.39 is 0 Å². The molecule has 1 fully saturated rings. The van der Waals surface area contributed by atoms with Crippen LogP contribution < -0.4 is 15.5 Å². The minimum atomic E-state index is -0.375. The third-order valence-electron chi connectivity index (χ3n) is 4.63. The van der Waals surface area contributed by atoms with E-state index in [0.29, 0.717) is 18.1 Å². The van der Waals surface area contributed by atoms with Crippen molar-refractivity contribution in [1.82, 2.24) is 10.5 Å². The molecule has 1 aliphatic rings. The van der Waals surface area contributed by atoms with Gasteiger partial charge >= 0.3 is 0 Å². The molecule has 2 amide bonds. The number of nitrogens with one attached hydrogen (secondary N) is 2. The Labute approximate surface area is 169 Å². The molecule has 2 N–H and O–H groups in total. The summed E-state index contributed by atoms with van der Waals surface area (Å²) in [7, 11) is 0. The molecular weight excluding hydrogens is 376 g/mol. The number of para-hydroxylation sites is 1. The average molecular weight is 403 g/mol. The Morgan fingerprint density at radius 2 is 2.04 bits per heavy atom. The standard InChI is InChI=1S/C20H26N4O3S/c1-14-11-18(23-27-14)22-20(26)15(2)28-13-19(25)21-12-16-7-3-4-8-17(16)24-9-5-6-10-24/h3-4,7-8,11,15H,5-6,9-10,12-13H2,1-2H3,(H,21,25)(H,22,23,26). The molecule has 0 saturated carbocycles. The maximum atomic E-state index is 12.2. The highest BCUT2D eigenvalue weighted by Gasteiger charge is 2.18. The molecule has 0 bridgehead atoms. The van der Waals surface area contributed by atoms with E-state index in [1.54, 1.807) is 19.9 Å². The van der Waals surface area contributed by atoms with Gasteiger partial charge in [-0.25, -0.2) is 0 Å². The van der Waals surface area contributed by atoms with Crippen LogP contribution >= 0.6 is 11.8 Å². The molecule has 7 nitrogen and oxygen atoms in total. The topological polar surface area (TPSA) is 87.5 Å². The minimum Gasteiger partial charge on any atom is -0.371 e. The second-order valence-corrected chi connectivity index (χ2v) is 8.19. The maximum Gasteiger partial charge on any atom is 0.238 e. The van der Waals surface area contributed by atoms with E-state index in [9.17, 15) is 9.59 Å². The molecule has 3 rings (SSSR count). The number of benzene rings is 1. The molecular formula is C20H26N4O3S. The lowest BCUT2D eigenvalue weighted by molar-refractivity contribution is -0.118. The van der Waals surface area contributed by atoms with Crippen LogP contribution in [0.2, 0.25) is 0 Å². The lowest BCUT2D eigenvalue weighted by atomic mass is 10.1. The van der Waals surface area contributed by atoms with E-state index in [4.69, 9.17) is 4.52 Å². The molecule has 1 saturated heterocycles. The third-order valence-corrected chi connectivity index (χ3v) is 5.77. The molecule has 0 aliphatic carbocycles. The first kappa shape index (κ1) is 20.3. The second-order valence-electron chi connectivity index (χ2n) is 6.86. The van der Waals surface area contributed by atoms with Gasteiger partial charge in [0.1, 0.15) is 5.76 Å². The number of hydrogen-bond donors (Lipinski definition) is 2. The van der Waals surface area contributed by atoms with Crippen LogP contribution in [0.4, 0.5) is 11.5 Å². The summed E-state index contributed by atoms with van der Waals surface area (Å²) in [5.41, 5.74) is 2.32. The summed E-state index contributed by atoms with van der Waals surface area (Å²) in [6, 6.07) is 9.84. The third kappa shape index (κ3) is 5.51. The lowest BCUT2D eigenvalue weighted by Crippen LogP contribution is -2.29. The highest BCUT2D eigenvalue weighted by molar-refractivity contribution is 8.01. The summed E-state index contributed by atoms with van der Waals surface area (Å²) in [5.74, 6) is 0.948. The van der Waals surface area contributed by atoms with Crippen molar-refractivity contribution in [2.45, 2.75) is 38.5 Å². The van der Waals surface area contributed by atoms with Crippen molar-refractivity contribution in [2.24, 2.45) is 0 Å². The maximum absolute atomic E-state index is 12.2. The lowest BCUT2D eigenvalue weighted by Gasteiger charge is -2.21. The van der Waals surface area contributed by atoms with Gasteiger partial charge in [0.2, 0.25) is 11.8 Å². The Balaban J connectivity index is 1.44. The highest BCUT2D eigenvalue weighted by atomic mass is 32.2. The van der Waals surface area contributed by atoms with Gasteiger partial charge in [-0.1, -0.05) is 23.4 Å². The summed E-state index contributed by atoms with van der Waals surface area (Å²) in [6.45, 7) is 6.15. The van der Waals surface area contributed by atoms with Crippen LogP contribution in [0.1, 0.15) is 31.1 Å². The van der Waals surface area contributed by atoms with Crippen LogP contribution in [0.3, 0.4) is 0 Å². The Bertz CT molecular complexity index is 817. The first-order valence-corrected chi connectivity index (χ1v) is 10.5. The van der Waals surface area contributed by atoms with Gasteiger partial charge in [-0.05, 0) is 38.3 Å². The van der Waals surface area contributed by atoms with Crippen molar-refractivity contribution in [2.75, 3.05) is 29.1 Å². The Kier molecular flexibility index (Phi) is 6.97. The summed E-state index contributed by atoms with van der Waals surface area (Å²) in [4.78, 5) is 26.8. The predicted molar refractivity (Wildman–Crippen MR) is 112 cm³/mol. The first-order valence-electron chi connectivity index (χ1n) is 9.48. The normalized spacial score (nSPS) is 14.7. The van der Waals surface area contributed by atoms with Crippen LogP contribution in [0.5, 0.6) is 0 Å². The summed E-state index contributed by atoms with van der Waals surface area (Å²) in [5, 5.41) is 9.01. The van der Waals surface area contributed by atoms with E-state index in [-0.39, 0.29) is 22.8 Å². The minimum absolute atomic E-state index is 0.0850. The van der Waals surface area contributed by atoms with E-state index in [1.807, 2.05) is 12.1 Å². The molecule has 2 aromatic rings. The summed E-state index contributed by atoms with van der Waals surface area (Å²) in [6.07, 6.45) is 2.43. The number of carbonyl (C=O) groups excluding carboxylic acids is 2. The predicted octanol–water partition coefficient (Wildman–Crippen LogP) is 2.96. The van der Waals surface area contributed by atoms with Gasteiger partial charge in [-0.2, -0.15) is 0 Å². The van der Waals surface area contributed by atoms with Crippen LogP contribution in [-0.4, -0.2) is 41.1 Å². The molecule has 1 aromatic carbocycles. The second kappa shape index (κ2) is 9.64. The molecule has 0 radical (unpaired) electrons. The number of amides is 2. The van der Waals surface area contributed by atoms with Crippen molar-refractivity contribution in [3.63, 3.8) is 0 Å². The number of aryl methyl sites for hydroxylation is 1.